The van der Waals surface area contributed by atoms with Crippen molar-refractivity contribution in [3.63, 3.8) is 0 Å². The zero-order valence-electron chi connectivity index (χ0n) is 20.3. The molecule has 0 aromatic heterocycles. The highest BCUT2D eigenvalue weighted by Crippen LogP contribution is 2.26. The SMILES string of the molecule is CCCCCCCCCCCCCCCCN1C(=O)CC(SCC(NC)C(C)=O)C1=O. The second-order valence-electron chi connectivity index (χ2n) is 8.96. The third-order valence-electron chi connectivity index (χ3n) is 6.24. The van der Waals surface area contributed by atoms with Crippen LogP contribution in [0.3, 0.4) is 0 Å². The molecule has 0 radical (unpaired) electrons. The molecule has 1 aliphatic heterocycles. The van der Waals surface area contributed by atoms with E-state index in [0.29, 0.717) is 12.3 Å². The van der Waals surface area contributed by atoms with Crippen molar-refractivity contribution in [3.05, 3.63) is 0 Å². The van der Waals surface area contributed by atoms with E-state index in [9.17, 15) is 14.4 Å². The van der Waals surface area contributed by atoms with Crippen LogP contribution < -0.4 is 5.32 Å². The molecule has 1 rings (SSSR count). The molecule has 1 aliphatic rings. The van der Waals surface area contributed by atoms with Gasteiger partial charge in [0, 0.05) is 18.7 Å². The van der Waals surface area contributed by atoms with E-state index in [0.717, 1.165) is 12.8 Å². The van der Waals surface area contributed by atoms with Crippen molar-refractivity contribution in [1.82, 2.24) is 10.2 Å². The summed E-state index contributed by atoms with van der Waals surface area (Å²) >= 11 is 1.43. The summed E-state index contributed by atoms with van der Waals surface area (Å²) in [6, 6.07) is -0.257. The van der Waals surface area contributed by atoms with Crippen LogP contribution in [0.15, 0.2) is 0 Å². The van der Waals surface area contributed by atoms with Crippen LogP contribution in [0.5, 0.6) is 0 Å². The first kappa shape index (κ1) is 28.2. The van der Waals surface area contributed by atoms with Gasteiger partial charge in [-0.3, -0.25) is 19.3 Å². The first-order chi connectivity index (χ1) is 15.0. The third-order valence-corrected chi connectivity index (χ3v) is 7.54. The summed E-state index contributed by atoms with van der Waals surface area (Å²) in [6.07, 6.45) is 18.4. The van der Waals surface area contributed by atoms with E-state index >= 15 is 0 Å². The summed E-state index contributed by atoms with van der Waals surface area (Å²) in [4.78, 5) is 37.7. The van der Waals surface area contributed by atoms with Crippen molar-refractivity contribution in [2.24, 2.45) is 0 Å². The molecule has 180 valence electrons. The van der Waals surface area contributed by atoms with Crippen molar-refractivity contribution in [1.29, 1.82) is 0 Å². The maximum Gasteiger partial charge on any atom is 0.242 e. The smallest absolute Gasteiger partial charge is 0.242 e. The van der Waals surface area contributed by atoms with Crippen molar-refractivity contribution < 1.29 is 14.4 Å². The van der Waals surface area contributed by atoms with Crippen LogP contribution in [-0.2, 0) is 14.4 Å². The van der Waals surface area contributed by atoms with Crippen molar-refractivity contribution in [2.45, 2.75) is 121 Å². The Morgan fingerprint density at radius 3 is 1.87 bits per heavy atom. The van der Waals surface area contributed by atoms with Gasteiger partial charge in [-0.05, 0) is 20.4 Å². The molecule has 2 atom stereocenters. The largest absolute Gasteiger partial charge is 0.310 e. The van der Waals surface area contributed by atoms with Gasteiger partial charge in [0.2, 0.25) is 11.8 Å². The van der Waals surface area contributed by atoms with Crippen LogP contribution in [-0.4, -0.2) is 53.1 Å². The molecule has 6 heteroatoms. The van der Waals surface area contributed by atoms with Gasteiger partial charge in [-0.2, -0.15) is 0 Å². The molecule has 2 unspecified atom stereocenters. The van der Waals surface area contributed by atoms with E-state index < -0.39 is 0 Å². The van der Waals surface area contributed by atoms with Crippen LogP contribution >= 0.6 is 11.8 Å². The minimum absolute atomic E-state index is 0.0546. The van der Waals surface area contributed by atoms with Gasteiger partial charge in [0.25, 0.3) is 0 Å². The number of imide groups is 1. The van der Waals surface area contributed by atoms with Crippen LogP contribution in [0.25, 0.3) is 0 Å². The van der Waals surface area contributed by atoms with E-state index in [4.69, 9.17) is 0 Å². The average Bonchev–Trinajstić information content (AvgIpc) is 3.01. The summed E-state index contributed by atoms with van der Waals surface area (Å²) < 4.78 is 0. The predicted molar refractivity (Wildman–Crippen MR) is 131 cm³/mol. The van der Waals surface area contributed by atoms with E-state index in [-0.39, 0.29) is 35.3 Å². The number of nitrogens with one attached hydrogen (secondary N) is 1. The highest BCUT2D eigenvalue weighted by molar-refractivity contribution is 8.00. The lowest BCUT2D eigenvalue weighted by atomic mass is 10.0. The van der Waals surface area contributed by atoms with Gasteiger partial charge in [0.15, 0.2) is 0 Å². The normalized spacial score (nSPS) is 17.5. The van der Waals surface area contributed by atoms with E-state index in [1.807, 2.05) is 0 Å². The van der Waals surface area contributed by atoms with Gasteiger partial charge in [0.1, 0.15) is 5.78 Å². The van der Waals surface area contributed by atoms with Crippen molar-refractivity contribution in [2.75, 3.05) is 19.3 Å². The number of rotatable bonds is 20. The fourth-order valence-electron chi connectivity index (χ4n) is 4.10. The maximum atomic E-state index is 12.5. The third kappa shape index (κ3) is 12.1. The number of amides is 2. The average molecular weight is 455 g/mol. The number of unbranched alkanes of at least 4 members (excludes halogenated alkanes) is 13. The summed E-state index contributed by atoms with van der Waals surface area (Å²) in [6.45, 7) is 4.36. The molecular weight excluding hydrogens is 408 g/mol. The Labute approximate surface area is 194 Å². The van der Waals surface area contributed by atoms with Gasteiger partial charge < -0.3 is 5.32 Å². The van der Waals surface area contributed by atoms with Crippen LogP contribution in [0.4, 0.5) is 0 Å². The Morgan fingerprint density at radius 2 is 1.42 bits per heavy atom. The molecule has 0 saturated carbocycles. The number of ketones is 1. The lowest BCUT2D eigenvalue weighted by molar-refractivity contribution is -0.138. The summed E-state index contributed by atoms with van der Waals surface area (Å²) in [7, 11) is 1.75. The Morgan fingerprint density at radius 1 is 0.935 bits per heavy atom. The number of nitrogens with zero attached hydrogens (tertiary/aromatic N) is 1. The minimum Gasteiger partial charge on any atom is -0.310 e. The number of likely N-dealkylation sites (tertiary alicyclic amines) is 1. The lowest BCUT2D eigenvalue weighted by Gasteiger charge is -2.16. The highest BCUT2D eigenvalue weighted by Gasteiger charge is 2.38. The Hall–Kier alpha value is -0.880. The zero-order valence-corrected chi connectivity index (χ0v) is 21.1. The van der Waals surface area contributed by atoms with E-state index in [2.05, 4.69) is 12.2 Å². The highest BCUT2D eigenvalue weighted by atomic mass is 32.2. The molecule has 1 heterocycles. The van der Waals surface area contributed by atoms with Gasteiger partial charge in [0.05, 0.1) is 11.3 Å². The summed E-state index contributed by atoms with van der Waals surface area (Å²) in [5.41, 5.74) is 0. The predicted octanol–water partition coefficient (Wildman–Crippen LogP) is 5.51. The second-order valence-corrected chi connectivity index (χ2v) is 10.2. The number of hydrogen-bond acceptors (Lipinski definition) is 5. The fraction of sp³-hybridized carbons (Fsp3) is 0.880. The fourth-order valence-corrected chi connectivity index (χ4v) is 5.46. The molecular formula is C25H46N2O3S. The van der Waals surface area contributed by atoms with Gasteiger partial charge >= 0.3 is 0 Å². The van der Waals surface area contributed by atoms with Crippen LogP contribution in [0.2, 0.25) is 0 Å². The van der Waals surface area contributed by atoms with Gasteiger partial charge in [-0.15, -0.1) is 11.8 Å². The molecule has 0 aliphatic carbocycles. The van der Waals surface area contributed by atoms with Crippen molar-refractivity contribution >= 4 is 29.4 Å². The molecule has 1 N–H and O–H groups in total. The minimum atomic E-state index is -0.325. The Bertz CT molecular complexity index is 527. The first-order valence-electron chi connectivity index (χ1n) is 12.6. The van der Waals surface area contributed by atoms with Crippen molar-refractivity contribution in [3.8, 4) is 0 Å². The molecule has 0 spiro atoms. The summed E-state index contributed by atoms with van der Waals surface area (Å²) in [5.74, 6) is 0.470. The molecule has 2 amide bonds. The van der Waals surface area contributed by atoms with E-state index in [1.165, 1.54) is 93.7 Å². The number of carbonyl (C=O) groups is 3. The molecule has 0 aromatic carbocycles. The van der Waals surface area contributed by atoms with E-state index in [1.54, 1.807) is 14.0 Å². The molecule has 5 nitrogen and oxygen atoms in total. The zero-order chi connectivity index (χ0) is 22.9. The standard InChI is InChI=1S/C25H46N2O3S/c1-4-5-6-7-8-9-10-11-12-13-14-15-16-17-18-27-24(29)19-23(25(27)30)31-20-22(26-3)21(2)28/h22-23,26H,4-20H2,1-3H3. The van der Waals surface area contributed by atoms with Crippen LogP contribution in [0, 0.1) is 0 Å². The molecule has 31 heavy (non-hydrogen) atoms. The molecule has 1 saturated heterocycles. The number of carbonyl (C=O) groups excluding carboxylic acids is 3. The molecule has 0 bridgehead atoms. The quantitative estimate of drug-likeness (QED) is 0.194. The summed E-state index contributed by atoms with van der Waals surface area (Å²) in [5, 5.41) is 2.64. The Balaban J connectivity index is 2.02. The molecule has 1 fully saturated rings. The maximum absolute atomic E-state index is 12.5. The first-order valence-corrected chi connectivity index (χ1v) is 13.7. The number of Topliss-reactive ketones (excluding diaryl/α,β-unsaturated/α-hetero) is 1. The second kappa shape index (κ2) is 17.6. The monoisotopic (exact) mass is 454 g/mol. The molecule has 0 aromatic rings. The topological polar surface area (TPSA) is 66.5 Å². The number of hydrogen-bond donors (Lipinski definition) is 1. The van der Waals surface area contributed by atoms with Gasteiger partial charge in [-0.25, -0.2) is 0 Å². The Kier molecular flexibility index (Phi) is 16.0. The van der Waals surface area contributed by atoms with Gasteiger partial charge in [-0.1, -0.05) is 90.4 Å². The number of thioether (sulfide) groups is 1. The lowest BCUT2D eigenvalue weighted by Crippen LogP contribution is -2.36. The van der Waals surface area contributed by atoms with Crippen LogP contribution in [0.1, 0.15) is 110 Å². The number of likely N-dealkylation sites (N-methyl/N-ethyl adjacent to an activating group) is 1.